The molecule has 1 aliphatic rings. The fourth-order valence-electron chi connectivity index (χ4n) is 2.41. The minimum atomic E-state index is -0.452. The SMILES string of the molecule is CCNc1cc(C(=O)NCC2CC2(C)C)ccc1[N+](=O)[O-]. The van der Waals surface area contributed by atoms with Crippen molar-refractivity contribution >= 4 is 17.3 Å². The average molecular weight is 291 g/mol. The summed E-state index contributed by atoms with van der Waals surface area (Å²) >= 11 is 0. The van der Waals surface area contributed by atoms with Crippen LogP contribution in [0, 0.1) is 21.4 Å². The Morgan fingerprint density at radius 2 is 2.14 bits per heavy atom. The molecular weight excluding hydrogens is 270 g/mol. The fourth-order valence-corrected chi connectivity index (χ4v) is 2.41. The number of carbonyl (C=O) groups excluding carboxylic acids is 1. The molecule has 0 bridgehead atoms. The molecule has 114 valence electrons. The third-order valence-electron chi connectivity index (χ3n) is 4.05. The maximum atomic E-state index is 12.1. The Bertz CT molecular complexity index is 569. The first-order chi connectivity index (χ1) is 9.85. The summed E-state index contributed by atoms with van der Waals surface area (Å²) < 4.78 is 0. The molecule has 1 saturated carbocycles. The number of carbonyl (C=O) groups is 1. The van der Waals surface area contributed by atoms with Gasteiger partial charge >= 0.3 is 0 Å². The van der Waals surface area contributed by atoms with Gasteiger partial charge in [-0.15, -0.1) is 0 Å². The largest absolute Gasteiger partial charge is 0.380 e. The van der Waals surface area contributed by atoms with E-state index in [1.165, 1.54) is 18.2 Å². The monoisotopic (exact) mass is 291 g/mol. The summed E-state index contributed by atoms with van der Waals surface area (Å²) in [6, 6.07) is 4.40. The highest BCUT2D eigenvalue weighted by atomic mass is 16.6. The number of hydrogen-bond donors (Lipinski definition) is 2. The Morgan fingerprint density at radius 1 is 1.48 bits per heavy atom. The van der Waals surface area contributed by atoms with Crippen LogP contribution in [0.25, 0.3) is 0 Å². The first-order valence-electron chi connectivity index (χ1n) is 7.15. The number of nitro groups is 1. The second-order valence-corrected chi connectivity index (χ2v) is 6.12. The number of hydrogen-bond acceptors (Lipinski definition) is 4. The lowest BCUT2D eigenvalue weighted by atomic mass is 10.1. The highest BCUT2D eigenvalue weighted by Crippen LogP contribution is 2.50. The normalized spacial score (nSPS) is 18.9. The molecule has 0 aromatic heterocycles. The van der Waals surface area contributed by atoms with Crippen LogP contribution in [0.5, 0.6) is 0 Å². The molecule has 2 N–H and O–H groups in total. The Balaban J connectivity index is 2.06. The second-order valence-electron chi connectivity index (χ2n) is 6.12. The molecule has 1 aromatic rings. The minimum absolute atomic E-state index is 0.0169. The predicted molar refractivity (Wildman–Crippen MR) is 81.5 cm³/mol. The Kier molecular flexibility index (Phi) is 4.16. The van der Waals surface area contributed by atoms with Gasteiger partial charge in [-0.1, -0.05) is 13.8 Å². The third-order valence-corrected chi connectivity index (χ3v) is 4.05. The fraction of sp³-hybridized carbons (Fsp3) is 0.533. The van der Waals surface area contributed by atoms with Crippen LogP contribution in [0.2, 0.25) is 0 Å². The van der Waals surface area contributed by atoms with Crippen LogP contribution >= 0.6 is 0 Å². The van der Waals surface area contributed by atoms with Gasteiger partial charge in [0, 0.05) is 24.7 Å². The summed E-state index contributed by atoms with van der Waals surface area (Å²) in [5.74, 6) is 0.333. The average Bonchev–Trinajstić information content (AvgIpc) is 3.03. The van der Waals surface area contributed by atoms with Crippen LogP contribution in [0.1, 0.15) is 37.6 Å². The van der Waals surface area contributed by atoms with Crippen molar-refractivity contribution in [3.05, 3.63) is 33.9 Å². The van der Waals surface area contributed by atoms with Gasteiger partial charge in [0.15, 0.2) is 0 Å². The van der Waals surface area contributed by atoms with Crippen LogP contribution < -0.4 is 10.6 Å². The number of nitrogens with zero attached hydrogens (tertiary/aromatic N) is 1. The smallest absolute Gasteiger partial charge is 0.292 e. The van der Waals surface area contributed by atoms with Gasteiger partial charge in [0.25, 0.3) is 11.6 Å². The van der Waals surface area contributed by atoms with Crippen LogP contribution in [-0.2, 0) is 0 Å². The highest BCUT2D eigenvalue weighted by molar-refractivity contribution is 5.95. The van der Waals surface area contributed by atoms with Crippen molar-refractivity contribution in [1.82, 2.24) is 5.32 Å². The number of nitro benzene ring substituents is 1. The molecule has 1 amide bonds. The first kappa shape index (κ1) is 15.3. The number of nitrogens with one attached hydrogen (secondary N) is 2. The summed E-state index contributed by atoms with van der Waals surface area (Å²) in [5.41, 5.74) is 1.12. The molecule has 1 aliphatic carbocycles. The lowest BCUT2D eigenvalue weighted by molar-refractivity contribution is -0.384. The molecule has 1 fully saturated rings. The zero-order valence-electron chi connectivity index (χ0n) is 12.6. The Morgan fingerprint density at radius 3 is 2.67 bits per heavy atom. The van der Waals surface area contributed by atoms with E-state index in [-0.39, 0.29) is 11.6 Å². The van der Waals surface area contributed by atoms with Crippen LogP contribution in [0.15, 0.2) is 18.2 Å². The maximum absolute atomic E-state index is 12.1. The molecule has 6 heteroatoms. The lowest BCUT2D eigenvalue weighted by Gasteiger charge is -2.09. The van der Waals surface area contributed by atoms with E-state index in [9.17, 15) is 14.9 Å². The maximum Gasteiger partial charge on any atom is 0.292 e. The van der Waals surface area contributed by atoms with Crippen LogP contribution in [0.3, 0.4) is 0 Å². The van der Waals surface area contributed by atoms with Crippen molar-refractivity contribution in [3.8, 4) is 0 Å². The topological polar surface area (TPSA) is 84.3 Å². The second kappa shape index (κ2) is 5.71. The van der Waals surface area contributed by atoms with E-state index >= 15 is 0 Å². The van der Waals surface area contributed by atoms with Crippen LogP contribution in [-0.4, -0.2) is 23.9 Å². The molecule has 1 atom stereocenters. The Hall–Kier alpha value is -2.11. The molecular formula is C15H21N3O3. The molecule has 0 heterocycles. The van der Waals surface area contributed by atoms with Crippen molar-refractivity contribution in [3.63, 3.8) is 0 Å². The number of anilines is 1. The van der Waals surface area contributed by atoms with E-state index in [0.717, 1.165) is 6.42 Å². The van der Waals surface area contributed by atoms with Gasteiger partial charge in [0.05, 0.1) is 4.92 Å². The molecule has 0 spiro atoms. The number of amides is 1. The first-order valence-corrected chi connectivity index (χ1v) is 7.15. The molecule has 21 heavy (non-hydrogen) atoms. The lowest BCUT2D eigenvalue weighted by Crippen LogP contribution is -2.26. The molecule has 0 saturated heterocycles. The summed E-state index contributed by atoms with van der Waals surface area (Å²) in [7, 11) is 0. The van der Waals surface area contributed by atoms with Crippen molar-refractivity contribution < 1.29 is 9.72 Å². The molecule has 0 radical (unpaired) electrons. The van der Waals surface area contributed by atoms with Gasteiger partial charge in [0.2, 0.25) is 0 Å². The quantitative estimate of drug-likeness (QED) is 0.623. The summed E-state index contributed by atoms with van der Waals surface area (Å²) in [5, 5.41) is 16.8. The molecule has 0 aliphatic heterocycles. The highest BCUT2D eigenvalue weighted by Gasteiger charge is 2.45. The summed E-state index contributed by atoms with van der Waals surface area (Å²) in [4.78, 5) is 22.6. The van der Waals surface area contributed by atoms with Crippen molar-refractivity contribution in [2.75, 3.05) is 18.4 Å². The van der Waals surface area contributed by atoms with E-state index in [1.807, 2.05) is 6.92 Å². The Labute approximate surface area is 124 Å². The molecule has 6 nitrogen and oxygen atoms in total. The van der Waals surface area contributed by atoms with Gasteiger partial charge < -0.3 is 10.6 Å². The minimum Gasteiger partial charge on any atom is -0.380 e. The van der Waals surface area contributed by atoms with Crippen molar-refractivity contribution in [2.45, 2.75) is 27.2 Å². The van der Waals surface area contributed by atoms with Gasteiger partial charge in [-0.25, -0.2) is 0 Å². The summed E-state index contributed by atoms with van der Waals surface area (Å²) in [6.45, 7) is 7.42. The zero-order valence-corrected chi connectivity index (χ0v) is 12.6. The predicted octanol–water partition coefficient (Wildman–Crippen LogP) is 2.80. The van der Waals surface area contributed by atoms with Gasteiger partial charge in [-0.2, -0.15) is 0 Å². The van der Waals surface area contributed by atoms with Gasteiger partial charge in [0.1, 0.15) is 5.69 Å². The number of rotatable bonds is 6. The molecule has 1 aromatic carbocycles. The van der Waals surface area contributed by atoms with E-state index in [1.54, 1.807) is 0 Å². The molecule has 1 unspecified atom stereocenters. The van der Waals surface area contributed by atoms with Crippen molar-refractivity contribution in [1.29, 1.82) is 0 Å². The van der Waals surface area contributed by atoms with Crippen LogP contribution in [0.4, 0.5) is 11.4 Å². The number of benzene rings is 1. The van der Waals surface area contributed by atoms with Crippen molar-refractivity contribution in [2.24, 2.45) is 11.3 Å². The third kappa shape index (κ3) is 3.51. The van der Waals surface area contributed by atoms with E-state index < -0.39 is 4.92 Å². The van der Waals surface area contributed by atoms with E-state index in [2.05, 4.69) is 24.5 Å². The molecule has 2 rings (SSSR count). The zero-order chi connectivity index (χ0) is 15.6. The summed E-state index contributed by atoms with van der Waals surface area (Å²) in [6.07, 6.45) is 1.12. The standard InChI is InChI=1S/C15H21N3O3/c1-4-16-12-7-10(5-6-13(12)18(20)21)14(19)17-9-11-8-15(11,2)3/h5-7,11,16H,4,8-9H2,1-3H3,(H,17,19). The van der Waals surface area contributed by atoms with E-state index in [4.69, 9.17) is 0 Å². The van der Waals surface area contributed by atoms with Gasteiger partial charge in [-0.05, 0) is 36.8 Å². The van der Waals surface area contributed by atoms with E-state index in [0.29, 0.717) is 35.7 Å². The van der Waals surface area contributed by atoms with Gasteiger partial charge in [-0.3, -0.25) is 14.9 Å².